The second-order valence-corrected chi connectivity index (χ2v) is 1.34. The molecule has 4 nitrogen and oxygen atoms in total. The van der Waals surface area contributed by atoms with E-state index in [1.165, 1.54) is 0 Å². The summed E-state index contributed by atoms with van der Waals surface area (Å²) in [7, 11) is -4.67. The highest BCUT2D eigenvalue weighted by atomic mass is 32.3. The van der Waals surface area contributed by atoms with E-state index in [1.807, 2.05) is 0 Å². The molecule has 0 amide bonds. The molecule has 0 heterocycles. The Morgan fingerprint density at radius 3 is 0.727 bits per heavy atom. The van der Waals surface area contributed by atoms with Crippen molar-refractivity contribution < 1.29 is 17.5 Å². The van der Waals surface area contributed by atoms with Crippen molar-refractivity contribution in [3.63, 3.8) is 0 Å². The molecular formula is C6H14O4S. The molecule has 0 spiro atoms. The van der Waals surface area contributed by atoms with Crippen LogP contribution in [-0.2, 0) is 10.4 Å². The lowest BCUT2D eigenvalue weighted by Gasteiger charge is -1.68. The van der Waals surface area contributed by atoms with Crippen LogP contribution in [0.5, 0.6) is 0 Å². The van der Waals surface area contributed by atoms with Crippen LogP contribution in [0.4, 0.5) is 0 Å². The van der Waals surface area contributed by atoms with E-state index in [2.05, 4.69) is 39.5 Å². The third kappa shape index (κ3) is 552. The Morgan fingerprint density at radius 2 is 0.727 bits per heavy atom. The molecule has 0 fully saturated rings. The highest BCUT2D eigenvalue weighted by Gasteiger charge is 1.84. The molecule has 68 valence electrons. The standard InChI is InChI=1S/3C2H4.H2O4S/c3*1-2;1-5(2,3)4/h3*1-2H2;(H2,1,2,3,4). The largest absolute Gasteiger partial charge is 0.394 e. The third-order valence-electron chi connectivity index (χ3n) is 0. The van der Waals surface area contributed by atoms with Crippen molar-refractivity contribution in [3.8, 4) is 0 Å². The minimum absolute atomic E-state index is 3.00. The maximum Gasteiger partial charge on any atom is 0.394 e. The van der Waals surface area contributed by atoms with Crippen LogP contribution >= 0.6 is 0 Å². The van der Waals surface area contributed by atoms with Crippen molar-refractivity contribution in [2.24, 2.45) is 0 Å². The predicted octanol–water partition coefficient (Wildman–Crippen LogP) is 1.75. The molecule has 0 aromatic rings. The van der Waals surface area contributed by atoms with Gasteiger partial charge in [-0.05, 0) is 0 Å². The molecule has 0 saturated heterocycles. The average molecular weight is 182 g/mol. The molecule has 2 N–H and O–H groups in total. The maximum atomic E-state index is 8.74. The lowest BCUT2D eigenvalue weighted by atomic mass is 11.3. The van der Waals surface area contributed by atoms with Crippen LogP contribution in [0.3, 0.4) is 0 Å². The van der Waals surface area contributed by atoms with Gasteiger partial charge in [0.15, 0.2) is 0 Å². The van der Waals surface area contributed by atoms with Gasteiger partial charge in [0.25, 0.3) is 0 Å². The first-order chi connectivity index (χ1) is 5.00. The molecule has 0 saturated carbocycles. The van der Waals surface area contributed by atoms with E-state index in [0.717, 1.165) is 0 Å². The molecule has 0 radical (unpaired) electrons. The minimum Gasteiger partial charge on any atom is -0.264 e. The summed E-state index contributed by atoms with van der Waals surface area (Å²) in [5.41, 5.74) is 0. The van der Waals surface area contributed by atoms with Crippen LogP contribution in [0.1, 0.15) is 0 Å². The summed E-state index contributed by atoms with van der Waals surface area (Å²) >= 11 is 0. The smallest absolute Gasteiger partial charge is 0.264 e. The molecular weight excluding hydrogens is 168 g/mol. The molecule has 0 atom stereocenters. The van der Waals surface area contributed by atoms with Gasteiger partial charge in [-0.1, -0.05) is 0 Å². The highest BCUT2D eigenvalue weighted by Crippen LogP contribution is 1.59. The molecule has 11 heavy (non-hydrogen) atoms. The number of hydrogen-bond acceptors (Lipinski definition) is 2. The minimum atomic E-state index is -4.67. The van der Waals surface area contributed by atoms with Gasteiger partial charge in [-0.3, -0.25) is 9.11 Å². The van der Waals surface area contributed by atoms with E-state index in [0.29, 0.717) is 0 Å². The zero-order chi connectivity index (χ0) is 10.5. The zero-order valence-corrected chi connectivity index (χ0v) is 7.18. The van der Waals surface area contributed by atoms with Gasteiger partial charge in [-0.2, -0.15) is 8.42 Å². The van der Waals surface area contributed by atoms with Crippen molar-refractivity contribution in [3.05, 3.63) is 39.5 Å². The molecule has 0 aromatic carbocycles. The van der Waals surface area contributed by atoms with E-state index < -0.39 is 10.4 Å². The first-order valence-electron chi connectivity index (χ1n) is 2.20. The Kier molecular flexibility index (Phi) is 46.9. The highest BCUT2D eigenvalue weighted by molar-refractivity contribution is 7.79. The predicted molar refractivity (Wildman–Crippen MR) is 47.9 cm³/mol. The van der Waals surface area contributed by atoms with Gasteiger partial charge in [0.05, 0.1) is 0 Å². The summed E-state index contributed by atoms with van der Waals surface area (Å²) in [6, 6.07) is 0. The maximum absolute atomic E-state index is 8.74. The molecule has 0 aliphatic rings. The van der Waals surface area contributed by atoms with Gasteiger partial charge in [0.2, 0.25) is 0 Å². The van der Waals surface area contributed by atoms with Gasteiger partial charge in [0, 0.05) is 0 Å². The van der Waals surface area contributed by atoms with Crippen molar-refractivity contribution in [1.82, 2.24) is 0 Å². The van der Waals surface area contributed by atoms with Crippen LogP contribution in [0.2, 0.25) is 0 Å². The van der Waals surface area contributed by atoms with Gasteiger partial charge >= 0.3 is 10.4 Å². The lowest BCUT2D eigenvalue weighted by Crippen LogP contribution is -1.89. The van der Waals surface area contributed by atoms with E-state index >= 15 is 0 Å². The van der Waals surface area contributed by atoms with Crippen molar-refractivity contribution in [2.45, 2.75) is 0 Å². The molecule has 0 rings (SSSR count). The fraction of sp³-hybridized carbons (Fsp3) is 0. The van der Waals surface area contributed by atoms with Crippen molar-refractivity contribution in [1.29, 1.82) is 0 Å². The summed E-state index contributed by atoms with van der Waals surface area (Å²) in [5, 5.41) is 0. The molecule has 5 heteroatoms. The van der Waals surface area contributed by atoms with Gasteiger partial charge in [-0.15, -0.1) is 39.5 Å². The SMILES string of the molecule is C=C.C=C.C=C.O=S(=O)(O)O. The Balaban J connectivity index is -0.0000000350. The Labute approximate surface area is 68.1 Å². The fourth-order valence-electron chi connectivity index (χ4n) is 0. The van der Waals surface area contributed by atoms with Crippen LogP contribution in [0, 0.1) is 0 Å². The second kappa shape index (κ2) is 23.0. The lowest BCUT2D eigenvalue weighted by molar-refractivity contribution is 0.381. The third-order valence-corrected chi connectivity index (χ3v) is 0. The van der Waals surface area contributed by atoms with Crippen LogP contribution in [0.25, 0.3) is 0 Å². The monoisotopic (exact) mass is 182 g/mol. The number of hydrogen-bond donors (Lipinski definition) is 2. The summed E-state index contributed by atoms with van der Waals surface area (Å²) < 4.78 is 31.6. The van der Waals surface area contributed by atoms with Gasteiger partial charge in [-0.25, -0.2) is 0 Å². The quantitative estimate of drug-likeness (QED) is 0.442. The molecule has 0 aliphatic carbocycles. The van der Waals surface area contributed by atoms with E-state index in [1.54, 1.807) is 0 Å². The van der Waals surface area contributed by atoms with E-state index in [-0.39, 0.29) is 0 Å². The molecule has 0 bridgehead atoms. The summed E-state index contributed by atoms with van der Waals surface area (Å²) in [6.07, 6.45) is 0. The van der Waals surface area contributed by atoms with Crippen molar-refractivity contribution >= 4 is 10.4 Å². The molecule has 0 aliphatic heterocycles. The van der Waals surface area contributed by atoms with Crippen LogP contribution < -0.4 is 0 Å². The second-order valence-electron chi connectivity index (χ2n) is 0.448. The fourth-order valence-corrected chi connectivity index (χ4v) is 0. The summed E-state index contributed by atoms with van der Waals surface area (Å²) in [6.45, 7) is 18.0. The Hall–Kier alpha value is -0.910. The summed E-state index contributed by atoms with van der Waals surface area (Å²) in [5.74, 6) is 0. The Bertz CT molecular complexity index is 126. The van der Waals surface area contributed by atoms with Crippen LogP contribution in [-0.4, -0.2) is 17.5 Å². The normalized spacial score (nSPS) is 6.36. The number of rotatable bonds is 0. The van der Waals surface area contributed by atoms with E-state index in [9.17, 15) is 0 Å². The van der Waals surface area contributed by atoms with Crippen LogP contribution in [0.15, 0.2) is 39.5 Å². The summed E-state index contributed by atoms with van der Waals surface area (Å²) in [4.78, 5) is 0. The first-order valence-corrected chi connectivity index (χ1v) is 3.60. The zero-order valence-electron chi connectivity index (χ0n) is 6.36. The average Bonchev–Trinajstić information content (AvgIpc) is 1.96. The first kappa shape index (κ1) is 22.5. The topological polar surface area (TPSA) is 74.6 Å². The van der Waals surface area contributed by atoms with Gasteiger partial charge in [0.1, 0.15) is 0 Å². The Morgan fingerprint density at radius 1 is 0.727 bits per heavy atom. The van der Waals surface area contributed by atoms with Crippen molar-refractivity contribution in [2.75, 3.05) is 0 Å². The van der Waals surface area contributed by atoms with Gasteiger partial charge < -0.3 is 0 Å². The van der Waals surface area contributed by atoms with E-state index in [4.69, 9.17) is 17.5 Å². The molecule has 0 unspecified atom stereocenters. The molecule has 0 aromatic heterocycles.